The minimum atomic E-state index is -0.445. The lowest BCUT2D eigenvalue weighted by Crippen LogP contribution is -2.30. The number of benzene rings is 1. The number of carbonyl (C=O) groups is 1. The van der Waals surface area contributed by atoms with Gasteiger partial charge in [-0.1, -0.05) is 26.0 Å². The Morgan fingerprint density at radius 3 is 2.42 bits per heavy atom. The molecule has 1 aromatic carbocycles. The molecule has 0 N–H and O–H groups in total. The molecule has 2 unspecified atom stereocenters. The minimum absolute atomic E-state index is 0.270. The van der Waals surface area contributed by atoms with Gasteiger partial charge in [-0.05, 0) is 42.9 Å². The molecule has 1 saturated carbocycles. The smallest absolute Gasteiger partial charge is 0.347 e. The molecule has 1 fully saturated rings. The Hall–Kier alpha value is -1.51. The molecule has 2 atom stereocenters. The first-order chi connectivity index (χ1) is 9.15. The second kappa shape index (κ2) is 6.09. The van der Waals surface area contributed by atoms with Crippen LogP contribution in [0.3, 0.4) is 0 Å². The highest BCUT2D eigenvalue weighted by Crippen LogP contribution is 2.35. The normalized spacial score (nSPS) is 17.6. The summed E-state index contributed by atoms with van der Waals surface area (Å²) >= 11 is 0. The third-order valence-corrected chi connectivity index (χ3v) is 3.81. The van der Waals surface area contributed by atoms with Gasteiger partial charge in [0, 0.05) is 5.92 Å². The number of esters is 1. The van der Waals surface area contributed by atoms with Crippen LogP contribution in [0.4, 0.5) is 0 Å². The Morgan fingerprint density at radius 2 is 1.95 bits per heavy atom. The van der Waals surface area contributed by atoms with E-state index in [1.165, 1.54) is 12.7 Å². The van der Waals surface area contributed by atoms with E-state index in [1.54, 1.807) is 0 Å². The minimum Gasteiger partial charge on any atom is -0.478 e. The SMILES string of the molecule is CCC(C)c1ccc(OC(C(=O)OC)C2CC2)cc1. The predicted molar refractivity (Wildman–Crippen MR) is 74.3 cm³/mol. The average Bonchev–Trinajstić information content (AvgIpc) is 3.28. The van der Waals surface area contributed by atoms with E-state index in [0.29, 0.717) is 11.8 Å². The lowest BCUT2D eigenvalue weighted by molar-refractivity contribution is -0.149. The highest BCUT2D eigenvalue weighted by molar-refractivity contribution is 5.75. The highest BCUT2D eigenvalue weighted by atomic mass is 16.6. The Morgan fingerprint density at radius 1 is 1.32 bits per heavy atom. The van der Waals surface area contributed by atoms with E-state index in [1.807, 2.05) is 12.1 Å². The molecule has 19 heavy (non-hydrogen) atoms. The van der Waals surface area contributed by atoms with Crippen LogP contribution in [0.25, 0.3) is 0 Å². The van der Waals surface area contributed by atoms with Crippen LogP contribution in [0.15, 0.2) is 24.3 Å². The molecule has 2 rings (SSSR count). The van der Waals surface area contributed by atoms with E-state index in [0.717, 1.165) is 25.0 Å². The standard InChI is InChI=1S/C16H22O3/c1-4-11(2)12-7-9-14(10-8-12)19-15(13-5-6-13)16(17)18-3/h7-11,13,15H,4-6H2,1-3H3. The maximum atomic E-state index is 11.7. The Kier molecular flexibility index (Phi) is 4.46. The van der Waals surface area contributed by atoms with Crippen molar-refractivity contribution in [2.45, 2.75) is 45.1 Å². The van der Waals surface area contributed by atoms with Crippen molar-refractivity contribution >= 4 is 5.97 Å². The zero-order valence-electron chi connectivity index (χ0n) is 11.9. The Bertz CT molecular complexity index is 420. The van der Waals surface area contributed by atoms with E-state index in [9.17, 15) is 4.79 Å². The summed E-state index contributed by atoms with van der Waals surface area (Å²) in [4.78, 5) is 11.7. The van der Waals surface area contributed by atoms with Crippen LogP contribution in [-0.2, 0) is 9.53 Å². The molecule has 0 saturated heterocycles. The third-order valence-electron chi connectivity index (χ3n) is 3.81. The van der Waals surface area contributed by atoms with Crippen molar-refractivity contribution in [1.82, 2.24) is 0 Å². The highest BCUT2D eigenvalue weighted by Gasteiger charge is 2.38. The molecule has 3 nitrogen and oxygen atoms in total. The van der Waals surface area contributed by atoms with Crippen LogP contribution in [-0.4, -0.2) is 19.2 Å². The quantitative estimate of drug-likeness (QED) is 0.736. The van der Waals surface area contributed by atoms with E-state index >= 15 is 0 Å². The first-order valence-electron chi connectivity index (χ1n) is 7.00. The molecular formula is C16H22O3. The molecule has 1 aromatic rings. The number of hydrogen-bond donors (Lipinski definition) is 0. The zero-order chi connectivity index (χ0) is 13.8. The lowest BCUT2D eigenvalue weighted by atomic mass is 9.99. The summed E-state index contributed by atoms with van der Waals surface area (Å²) in [5, 5.41) is 0. The summed E-state index contributed by atoms with van der Waals surface area (Å²) < 4.78 is 10.6. The fraction of sp³-hybridized carbons (Fsp3) is 0.562. The van der Waals surface area contributed by atoms with Crippen molar-refractivity contribution in [2.75, 3.05) is 7.11 Å². The molecule has 1 aliphatic rings. The third kappa shape index (κ3) is 3.49. The van der Waals surface area contributed by atoms with Crippen molar-refractivity contribution < 1.29 is 14.3 Å². The molecule has 0 radical (unpaired) electrons. The van der Waals surface area contributed by atoms with Crippen LogP contribution in [0.2, 0.25) is 0 Å². The van der Waals surface area contributed by atoms with Crippen molar-refractivity contribution in [3.8, 4) is 5.75 Å². The van der Waals surface area contributed by atoms with Gasteiger partial charge in [-0.3, -0.25) is 0 Å². The summed E-state index contributed by atoms with van der Waals surface area (Å²) in [6, 6.07) is 8.04. The Balaban J connectivity index is 2.03. The van der Waals surface area contributed by atoms with E-state index in [-0.39, 0.29) is 5.97 Å². The average molecular weight is 262 g/mol. The van der Waals surface area contributed by atoms with E-state index in [2.05, 4.69) is 26.0 Å². The van der Waals surface area contributed by atoms with Gasteiger partial charge < -0.3 is 9.47 Å². The molecule has 1 aliphatic carbocycles. The van der Waals surface area contributed by atoms with Crippen molar-refractivity contribution in [3.63, 3.8) is 0 Å². The van der Waals surface area contributed by atoms with Gasteiger partial charge in [0.15, 0.2) is 6.10 Å². The van der Waals surface area contributed by atoms with Gasteiger partial charge in [-0.15, -0.1) is 0 Å². The maximum absolute atomic E-state index is 11.7. The molecule has 0 heterocycles. The molecular weight excluding hydrogens is 240 g/mol. The lowest BCUT2D eigenvalue weighted by Gasteiger charge is -2.17. The summed E-state index contributed by atoms with van der Waals surface area (Å²) in [7, 11) is 1.41. The molecule has 0 aromatic heterocycles. The van der Waals surface area contributed by atoms with Crippen LogP contribution < -0.4 is 4.74 Å². The number of rotatable bonds is 6. The topological polar surface area (TPSA) is 35.5 Å². The summed E-state index contributed by atoms with van der Waals surface area (Å²) in [6.07, 6.45) is 2.77. The van der Waals surface area contributed by atoms with Crippen LogP contribution in [0.1, 0.15) is 44.6 Å². The second-order valence-corrected chi connectivity index (χ2v) is 5.28. The Labute approximate surface area is 114 Å². The largest absolute Gasteiger partial charge is 0.478 e. The summed E-state index contributed by atoms with van der Waals surface area (Å²) in [5.41, 5.74) is 1.30. The second-order valence-electron chi connectivity index (χ2n) is 5.28. The van der Waals surface area contributed by atoms with Crippen LogP contribution >= 0.6 is 0 Å². The maximum Gasteiger partial charge on any atom is 0.347 e. The molecule has 104 valence electrons. The van der Waals surface area contributed by atoms with Crippen molar-refractivity contribution in [3.05, 3.63) is 29.8 Å². The fourth-order valence-corrected chi connectivity index (χ4v) is 2.11. The van der Waals surface area contributed by atoms with Crippen LogP contribution in [0, 0.1) is 5.92 Å². The molecule has 0 aliphatic heterocycles. The molecule has 0 spiro atoms. The first kappa shape index (κ1) is 13.9. The van der Waals surface area contributed by atoms with Gasteiger partial charge >= 0.3 is 5.97 Å². The van der Waals surface area contributed by atoms with E-state index in [4.69, 9.17) is 9.47 Å². The predicted octanol–water partition coefficient (Wildman–Crippen LogP) is 3.53. The molecule has 3 heteroatoms. The van der Waals surface area contributed by atoms with Gasteiger partial charge in [0.05, 0.1) is 7.11 Å². The van der Waals surface area contributed by atoms with Crippen molar-refractivity contribution in [2.24, 2.45) is 5.92 Å². The summed E-state index contributed by atoms with van der Waals surface area (Å²) in [6.45, 7) is 4.38. The fourth-order valence-electron chi connectivity index (χ4n) is 2.11. The molecule has 0 amide bonds. The van der Waals surface area contributed by atoms with Gasteiger partial charge in [0.1, 0.15) is 5.75 Å². The van der Waals surface area contributed by atoms with Crippen molar-refractivity contribution in [1.29, 1.82) is 0 Å². The van der Waals surface area contributed by atoms with Gasteiger partial charge in [0.2, 0.25) is 0 Å². The summed E-state index contributed by atoms with van der Waals surface area (Å²) in [5.74, 6) is 1.35. The van der Waals surface area contributed by atoms with Gasteiger partial charge in [-0.25, -0.2) is 4.79 Å². The first-order valence-corrected chi connectivity index (χ1v) is 7.00. The van der Waals surface area contributed by atoms with Gasteiger partial charge in [0.25, 0.3) is 0 Å². The van der Waals surface area contributed by atoms with Crippen LogP contribution in [0.5, 0.6) is 5.75 Å². The number of carbonyl (C=O) groups excluding carboxylic acids is 1. The monoisotopic (exact) mass is 262 g/mol. The zero-order valence-corrected chi connectivity index (χ0v) is 11.9. The number of ether oxygens (including phenoxy) is 2. The number of hydrogen-bond acceptors (Lipinski definition) is 3. The number of methoxy groups -OCH3 is 1. The van der Waals surface area contributed by atoms with E-state index < -0.39 is 6.10 Å². The van der Waals surface area contributed by atoms with Gasteiger partial charge in [-0.2, -0.15) is 0 Å². The molecule has 0 bridgehead atoms.